The van der Waals surface area contributed by atoms with Crippen LogP contribution in [-0.2, 0) is 13.0 Å². The molecule has 0 spiro atoms. The predicted octanol–water partition coefficient (Wildman–Crippen LogP) is 5.33. The lowest BCUT2D eigenvalue weighted by Gasteiger charge is -2.17. The highest BCUT2D eigenvalue weighted by atomic mass is 35.5. The highest BCUT2D eigenvalue weighted by molar-refractivity contribution is 8.00. The molecule has 0 saturated carbocycles. The molecule has 0 N–H and O–H groups in total. The molecule has 0 aliphatic rings. The third kappa shape index (κ3) is 5.15. The molecule has 4 heteroatoms. The van der Waals surface area contributed by atoms with Gasteiger partial charge in [-0.25, -0.2) is 4.98 Å². The molecule has 3 aromatic rings. The maximum absolute atomic E-state index is 5.99. The zero-order chi connectivity index (χ0) is 15.9. The third-order valence-corrected chi connectivity index (χ3v) is 5.22. The lowest BCUT2D eigenvalue weighted by molar-refractivity contribution is 0.619. The molecule has 0 aliphatic heterocycles. The van der Waals surface area contributed by atoms with E-state index in [0.29, 0.717) is 5.25 Å². The summed E-state index contributed by atoms with van der Waals surface area (Å²) in [6, 6.07) is 18.8. The summed E-state index contributed by atoms with van der Waals surface area (Å²) < 4.78 is 2.14. The largest absolute Gasteiger partial charge is 0.337 e. The van der Waals surface area contributed by atoms with E-state index < -0.39 is 0 Å². The average molecular weight is 343 g/mol. The van der Waals surface area contributed by atoms with Crippen molar-refractivity contribution in [1.29, 1.82) is 0 Å². The standard InChI is InChI=1S/C19H19ClN2S/c20-17-6-8-18(9-7-17)23-19(10-12-22-13-11-21-15-22)14-16-4-2-1-3-5-16/h1-9,11,13,15,19H,10,12,14H2. The van der Waals surface area contributed by atoms with Crippen LogP contribution in [0.3, 0.4) is 0 Å². The minimum absolute atomic E-state index is 0.515. The number of rotatable bonds is 7. The fourth-order valence-electron chi connectivity index (χ4n) is 2.50. The van der Waals surface area contributed by atoms with E-state index in [1.807, 2.05) is 42.6 Å². The van der Waals surface area contributed by atoms with Crippen LogP contribution in [0.5, 0.6) is 0 Å². The molecule has 0 saturated heterocycles. The fraction of sp³-hybridized carbons (Fsp3) is 0.211. The Balaban J connectivity index is 1.68. The SMILES string of the molecule is Clc1ccc(SC(CCn2ccnc2)Cc2ccccc2)cc1. The first-order valence-corrected chi connectivity index (χ1v) is 8.97. The fourth-order valence-corrected chi connectivity index (χ4v) is 3.80. The Labute approximate surface area is 146 Å². The molecular weight excluding hydrogens is 324 g/mol. The van der Waals surface area contributed by atoms with E-state index in [4.69, 9.17) is 11.6 Å². The predicted molar refractivity (Wildman–Crippen MR) is 98.1 cm³/mol. The Morgan fingerprint density at radius 2 is 1.83 bits per heavy atom. The maximum atomic E-state index is 5.99. The molecule has 0 bridgehead atoms. The Hall–Kier alpha value is -1.71. The molecule has 0 aliphatic carbocycles. The Kier molecular flexibility index (Phi) is 5.78. The van der Waals surface area contributed by atoms with Crippen molar-refractivity contribution in [2.75, 3.05) is 0 Å². The summed E-state index contributed by atoms with van der Waals surface area (Å²) in [6.45, 7) is 0.984. The van der Waals surface area contributed by atoms with E-state index in [1.54, 1.807) is 0 Å². The molecule has 23 heavy (non-hydrogen) atoms. The van der Waals surface area contributed by atoms with Crippen LogP contribution in [0.4, 0.5) is 0 Å². The number of aromatic nitrogens is 2. The van der Waals surface area contributed by atoms with Crippen molar-refractivity contribution >= 4 is 23.4 Å². The summed E-state index contributed by atoms with van der Waals surface area (Å²) in [5, 5.41) is 1.30. The van der Waals surface area contributed by atoms with Gasteiger partial charge in [0.15, 0.2) is 0 Å². The number of hydrogen-bond acceptors (Lipinski definition) is 2. The van der Waals surface area contributed by atoms with Gasteiger partial charge in [-0.3, -0.25) is 0 Å². The lowest BCUT2D eigenvalue weighted by Crippen LogP contribution is -2.11. The summed E-state index contributed by atoms with van der Waals surface area (Å²) >= 11 is 7.91. The van der Waals surface area contributed by atoms with Crippen molar-refractivity contribution in [3.63, 3.8) is 0 Å². The normalized spacial score (nSPS) is 12.2. The van der Waals surface area contributed by atoms with Gasteiger partial charge in [-0.15, -0.1) is 11.8 Å². The van der Waals surface area contributed by atoms with Gasteiger partial charge in [0.25, 0.3) is 0 Å². The molecule has 1 atom stereocenters. The van der Waals surface area contributed by atoms with Gasteiger partial charge in [-0.2, -0.15) is 0 Å². The van der Waals surface area contributed by atoms with Crippen LogP contribution < -0.4 is 0 Å². The van der Waals surface area contributed by atoms with Crippen LogP contribution in [0.15, 0.2) is 78.2 Å². The van der Waals surface area contributed by atoms with Gasteiger partial charge >= 0.3 is 0 Å². The van der Waals surface area contributed by atoms with Gasteiger partial charge in [0.05, 0.1) is 6.33 Å². The molecule has 2 aromatic carbocycles. The second-order valence-corrected chi connectivity index (χ2v) is 7.28. The van der Waals surface area contributed by atoms with Crippen molar-refractivity contribution in [2.24, 2.45) is 0 Å². The van der Waals surface area contributed by atoms with E-state index in [2.05, 4.69) is 52.0 Å². The summed E-state index contributed by atoms with van der Waals surface area (Å²) in [5.41, 5.74) is 1.38. The summed E-state index contributed by atoms with van der Waals surface area (Å²) in [4.78, 5) is 5.38. The molecular formula is C19H19ClN2S. The van der Waals surface area contributed by atoms with Crippen molar-refractivity contribution in [3.05, 3.63) is 83.9 Å². The van der Waals surface area contributed by atoms with Crippen LogP contribution in [0.2, 0.25) is 5.02 Å². The highest BCUT2D eigenvalue weighted by Gasteiger charge is 2.12. The third-order valence-electron chi connectivity index (χ3n) is 3.69. The molecule has 1 heterocycles. The van der Waals surface area contributed by atoms with Crippen molar-refractivity contribution in [3.8, 4) is 0 Å². The zero-order valence-electron chi connectivity index (χ0n) is 12.8. The molecule has 0 radical (unpaired) electrons. The van der Waals surface area contributed by atoms with Crippen LogP contribution in [0.1, 0.15) is 12.0 Å². The maximum Gasteiger partial charge on any atom is 0.0945 e. The van der Waals surface area contributed by atoms with E-state index in [1.165, 1.54) is 10.5 Å². The number of benzene rings is 2. The first-order valence-electron chi connectivity index (χ1n) is 7.71. The van der Waals surface area contributed by atoms with E-state index in [0.717, 1.165) is 24.4 Å². The van der Waals surface area contributed by atoms with Crippen LogP contribution >= 0.6 is 23.4 Å². The van der Waals surface area contributed by atoms with Crippen molar-refractivity contribution in [2.45, 2.75) is 29.5 Å². The second kappa shape index (κ2) is 8.23. The van der Waals surface area contributed by atoms with Crippen LogP contribution in [0, 0.1) is 0 Å². The smallest absolute Gasteiger partial charge is 0.0945 e. The minimum Gasteiger partial charge on any atom is -0.337 e. The van der Waals surface area contributed by atoms with Gasteiger partial charge < -0.3 is 4.57 Å². The van der Waals surface area contributed by atoms with Gasteiger partial charge in [0.1, 0.15) is 0 Å². The highest BCUT2D eigenvalue weighted by Crippen LogP contribution is 2.29. The Morgan fingerprint density at radius 3 is 2.52 bits per heavy atom. The number of aryl methyl sites for hydroxylation is 1. The minimum atomic E-state index is 0.515. The number of imidazole rings is 1. The van der Waals surface area contributed by atoms with Crippen LogP contribution in [-0.4, -0.2) is 14.8 Å². The van der Waals surface area contributed by atoms with Gasteiger partial charge in [0, 0.05) is 34.1 Å². The molecule has 0 fully saturated rings. The first kappa shape index (κ1) is 16.2. The number of halogens is 1. The molecule has 118 valence electrons. The quantitative estimate of drug-likeness (QED) is 0.540. The van der Waals surface area contributed by atoms with Gasteiger partial charge in [-0.1, -0.05) is 41.9 Å². The van der Waals surface area contributed by atoms with Crippen molar-refractivity contribution in [1.82, 2.24) is 9.55 Å². The van der Waals surface area contributed by atoms with Gasteiger partial charge in [0.2, 0.25) is 0 Å². The van der Waals surface area contributed by atoms with Crippen molar-refractivity contribution < 1.29 is 0 Å². The molecule has 1 aromatic heterocycles. The van der Waals surface area contributed by atoms with E-state index >= 15 is 0 Å². The topological polar surface area (TPSA) is 17.8 Å². The number of hydrogen-bond donors (Lipinski definition) is 0. The molecule has 3 rings (SSSR count). The van der Waals surface area contributed by atoms with E-state index in [9.17, 15) is 0 Å². The Morgan fingerprint density at radius 1 is 1.04 bits per heavy atom. The molecule has 0 amide bonds. The molecule has 1 unspecified atom stereocenters. The van der Waals surface area contributed by atoms with E-state index in [-0.39, 0.29) is 0 Å². The summed E-state index contributed by atoms with van der Waals surface area (Å²) in [7, 11) is 0. The monoisotopic (exact) mass is 342 g/mol. The molecule has 2 nitrogen and oxygen atoms in total. The first-order chi connectivity index (χ1) is 11.3. The average Bonchev–Trinajstić information content (AvgIpc) is 3.09. The number of thioether (sulfide) groups is 1. The Bertz CT molecular complexity index is 696. The summed E-state index contributed by atoms with van der Waals surface area (Å²) in [6.07, 6.45) is 7.89. The zero-order valence-corrected chi connectivity index (χ0v) is 14.4. The summed E-state index contributed by atoms with van der Waals surface area (Å²) in [5.74, 6) is 0. The van der Waals surface area contributed by atoms with Gasteiger partial charge in [-0.05, 0) is 42.7 Å². The lowest BCUT2D eigenvalue weighted by atomic mass is 10.1. The van der Waals surface area contributed by atoms with Crippen LogP contribution in [0.25, 0.3) is 0 Å². The number of nitrogens with zero attached hydrogens (tertiary/aromatic N) is 2. The second-order valence-electron chi connectivity index (χ2n) is 5.47.